The van der Waals surface area contributed by atoms with Crippen LogP contribution in [0, 0.1) is 12.8 Å². The minimum Gasteiger partial charge on any atom is -0.481 e. The summed E-state index contributed by atoms with van der Waals surface area (Å²) in [5.41, 5.74) is 2.19. The second-order valence-corrected chi connectivity index (χ2v) is 4.68. The van der Waals surface area contributed by atoms with Gasteiger partial charge in [-0.2, -0.15) is 0 Å². The zero-order valence-electron chi connectivity index (χ0n) is 11.0. The fourth-order valence-corrected chi connectivity index (χ4v) is 1.89. The van der Waals surface area contributed by atoms with Crippen molar-refractivity contribution in [3.63, 3.8) is 0 Å². The van der Waals surface area contributed by atoms with Crippen molar-refractivity contribution in [2.45, 2.75) is 26.8 Å². The highest BCUT2D eigenvalue weighted by Gasteiger charge is 2.20. The normalized spacial score (nSPS) is 11.9. The number of rotatable bonds is 5. The van der Waals surface area contributed by atoms with Crippen molar-refractivity contribution in [3.05, 3.63) is 35.4 Å². The molecule has 4 heteroatoms. The van der Waals surface area contributed by atoms with Gasteiger partial charge in [-0.05, 0) is 12.5 Å². The molecule has 0 saturated heterocycles. The Kier molecular flexibility index (Phi) is 4.89. The number of hydrogen-bond donors (Lipinski definition) is 1. The zero-order chi connectivity index (χ0) is 13.7. The summed E-state index contributed by atoms with van der Waals surface area (Å²) < 4.78 is 0. The van der Waals surface area contributed by atoms with Gasteiger partial charge >= 0.3 is 5.97 Å². The summed E-state index contributed by atoms with van der Waals surface area (Å²) in [4.78, 5) is 24.1. The Morgan fingerprint density at radius 3 is 2.61 bits per heavy atom. The molecule has 1 amide bonds. The predicted octanol–water partition coefficient (Wildman–Crippen LogP) is 2.06. The molecule has 4 nitrogen and oxygen atoms in total. The number of carboxylic acid groups (broad SMARTS) is 1. The molecule has 1 aromatic carbocycles. The predicted molar refractivity (Wildman–Crippen MR) is 69.1 cm³/mol. The quantitative estimate of drug-likeness (QED) is 0.869. The summed E-state index contributed by atoms with van der Waals surface area (Å²) >= 11 is 0. The van der Waals surface area contributed by atoms with E-state index in [-0.39, 0.29) is 12.3 Å². The minimum absolute atomic E-state index is 0.128. The molecule has 98 valence electrons. The van der Waals surface area contributed by atoms with Gasteiger partial charge in [0.05, 0.1) is 6.42 Å². The lowest BCUT2D eigenvalue weighted by Gasteiger charge is -2.20. The van der Waals surface area contributed by atoms with E-state index >= 15 is 0 Å². The summed E-state index contributed by atoms with van der Waals surface area (Å²) in [6.45, 7) is 4.14. The van der Waals surface area contributed by atoms with E-state index in [0.29, 0.717) is 6.54 Å². The Morgan fingerprint density at radius 1 is 1.39 bits per heavy atom. The van der Waals surface area contributed by atoms with E-state index in [1.165, 1.54) is 0 Å². The lowest BCUT2D eigenvalue weighted by atomic mass is 10.1. The molecular formula is C14H19NO3. The molecule has 1 aromatic rings. The van der Waals surface area contributed by atoms with Crippen molar-refractivity contribution in [1.29, 1.82) is 0 Å². The molecule has 0 heterocycles. The fourth-order valence-electron chi connectivity index (χ4n) is 1.89. The Labute approximate surface area is 107 Å². The van der Waals surface area contributed by atoms with E-state index in [1.54, 1.807) is 18.9 Å². The van der Waals surface area contributed by atoms with Crippen LogP contribution in [0.5, 0.6) is 0 Å². The van der Waals surface area contributed by atoms with Crippen molar-refractivity contribution in [2.24, 2.45) is 5.92 Å². The highest BCUT2D eigenvalue weighted by Crippen LogP contribution is 2.11. The number of nitrogens with zero attached hydrogens (tertiary/aromatic N) is 1. The molecule has 1 unspecified atom stereocenters. The first-order valence-corrected chi connectivity index (χ1v) is 5.92. The van der Waals surface area contributed by atoms with Gasteiger partial charge in [0, 0.05) is 19.5 Å². The Morgan fingerprint density at radius 2 is 2.06 bits per heavy atom. The maximum atomic E-state index is 11.9. The highest BCUT2D eigenvalue weighted by molar-refractivity contribution is 5.82. The second kappa shape index (κ2) is 6.19. The summed E-state index contributed by atoms with van der Waals surface area (Å²) in [5, 5.41) is 8.67. The first-order chi connectivity index (χ1) is 8.40. The smallest absolute Gasteiger partial charge is 0.304 e. The molecule has 0 spiro atoms. The van der Waals surface area contributed by atoms with E-state index in [4.69, 9.17) is 5.11 Å². The van der Waals surface area contributed by atoms with Gasteiger partial charge in [-0.1, -0.05) is 36.8 Å². The van der Waals surface area contributed by atoms with Gasteiger partial charge in [-0.3, -0.25) is 9.59 Å². The average molecular weight is 249 g/mol. The van der Waals surface area contributed by atoms with E-state index in [0.717, 1.165) is 11.1 Å². The standard InChI is InChI=1S/C14H19NO3/c1-10-5-4-6-12(7-10)9-15(3)14(18)11(2)8-13(16)17/h4-7,11H,8-9H2,1-3H3,(H,16,17). The number of carbonyl (C=O) groups is 2. The van der Waals surface area contributed by atoms with Crippen LogP contribution in [0.15, 0.2) is 24.3 Å². The summed E-state index contributed by atoms with van der Waals surface area (Å²) in [6.07, 6.45) is -0.128. The van der Waals surface area contributed by atoms with E-state index in [9.17, 15) is 9.59 Å². The first-order valence-electron chi connectivity index (χ1n) is 5.92. The third-order valence-electron chi connectivity index (χ3n) is 2.78. The van der Waals surface area contributed by atoms with Crippen molar-refractivity contribution < 1.29 is 14.7 Å². The van der Waals surface area contributed by atoms with E-state index in [2.05, 4.69) is 0 Å². The molecule has 18 heavy (non-hydrogen) atoms. The van der Waals surface area contributed by atoms with Crippen LogP contribution in [0.4, 0.5) is 0 Å². The Bertz CT molecular complexity index is 442. The van der Waals surface area contributed by atoms with Crippen LogP contribution in [0.2, 0.25) is 0 Å². The lowest BCUT2D eigenvalue weighted by Crippen LogP contribution is -2.32. The molecule has 0 aliphatic carbocycles. The fraction of sp³-hybridized carbons (Fsp3) is 0.429. The van der Waals surface area contributed by atoms with Gasteiger partial charge in [-0.15, -0.1) is 0 Å². The third kappa shape index (κ3) is 4.20. The molecule has 0 fully saturated rings. The highest BCUT2D eigenvalue weighted by atomic mass is 16.4. The van der Waals surface area contributed by atoms with Gasteiger partial charge in [0.25, 0.3) is 0 Å². The van der Waals surface area contributed by atoms with Gasteiger partial charge in [-0.25, -0.2) is 0 Å². The minimum atomic E-state index is -0.945. The van der Waals surface area contributed by atoms with Crippen molar-refractivity contribution in [3.8, 4) is 0 Å². The third-order valence-corrected chi connectivity index (χ3v) is 2.78. The summed E-state index contributed by atoms with van der Waals surface area (Å²) in [5.74, 6) is -1.57. The van der Waals surface area contributed by atoms with E-state index in [1.807, 2.05) is 31.2 Å². The number of carboxylic acids is 1. The van der Waals surface area contributed by atoms with Crippen LogP contribution in [0.1, 0.15) is 24.5 Å². The SMILES string of the molecule is Cc1cccc(CN(C)C(=O)C(C)CC(=O)O)c1. The van der Waals surface area contributed by atoms with E-state index < -0.39 is 11.9 Å². The van der Waals surface area contributed by atoms with Crippen LogP contribution in [-0.2, 0) is 16.1 Å². The van der Waals surface area contributed by atoms with Gasteiger partial charge in [0.2, 0.25) is 5.91 Å². The maximum absolute atomic E-state index is 11.9. The number of aryl methyl sites for hydroxylation is 1. The number of aliphatic carboxylic acids is 1. The van der Waals surface area contributed by atoms with Crippen LogP contribution in [0.25, 0.3) is 0 Å². The summed E-state index contributed by atoms with van der Waals surface area (Å²) in [6, 6.07) is 7.92. The van der Waals surface area contributed by atoms with Crippen LogP contribution in [0.3, 0.4) is 0 Å². The molecule has 1 rings (SSSR count). The maximum Gasteiger partial charge on any atom is 0.304 e. The number of carbonyl (C=O) groups excluding carboxylic acids is 1. The first kappa shape index (κ1) is 14.2. The molecule has 1 atom stereocenters. The van der Waals surface area contributed by atoms with Crippen molar-refractivity contribution >= 4 is 11.9 Å². The molecule has 0 bridgehead atoms. The number of hydrogen-bond acceptors (Lipinski definition) is 2. The zero-order valence-corrected chi connectivity index (χ0v) is 11.0. The molecule has 1 N–H and O–H groups in total. The number of amides is 1. The van der Waals surface area contributed by atoms with Crippen LogP contribution >= 0.6 is 0 Å². The lowest BCUT2D eigenvalue weighted by molar-refractivity contribution is -0.143. The van der Waals surface area contributed by atoms with Crippen molar-refractivity contribution in [1.82, 2.24) is 4.90 Å². The Balaban J connectivity index is 2.62. The van der Waals surface area contributed by atoms with Gasteiger partial charge in [0.15, 0.2) is 0 Å². The van der Waals surface area contributed by atoms with Crippen LogP contribution in [-0.4, -0.2) is 28.9 Å². The monoisotopic (exact) mass is 249 g/mol. The number of benzene rings is 1. The van der Waals surface area contributed by atoms with Crippen LogP contribution < -0.4 is 0 Å². The molecule has 0 aliphatic rings. The second-order valence-electron chi connectivity index (χ2n) is 4.68. The topological polar surface area (TPSA) is 57.6 Å². The molecule has 0 aliphatic heterocycles. The molecule has 0 radical (unpaired) electrons. The Hall–Kier alpha value is -1.84. The molecule has 0 saturated carbocycles. The van der Waals surface area contributed by atoms with Gasteiger partial charge < -0.3 is 10.0 Å². The summed E-state index contributed by atoms with van der Waals surface area (Å²) in [7, 11) is 1.70. The van der Waals surface area contributed by atoms with Crippen molar-refractivity contribution in [2.75, 3.05) is 7.05 Å². The molecule has 0 aromatic heterocycles. The largest absolute Gasteiger partial charge is 0.481 e. The van der Waals surface area contributed by atoms with Gasteiger partial charge in [0.1, 0.15) is 0 Å². The average Bonchev–Trinajstić information content (AvgIpc) is 2.27. The molecular weight excluding hydrogens is 230 g/mol.